The van der Waals surface area contributed by atoms with Crippen molar-refractivity contribution in [2.45, 2.75) is 10.9 Å². The number of hydrogen-bond acceptors (Lipinski definition) is 6. The maximum absolute atomic E-state index is 12.4. The molecule has 1 atom stereocenters. The second-order valence-electron chi connectivity index (χ2n) is 5.44. The third kappa shape index (κ3) is 3.16. The van der Waals surface area contributed by atoms with Crippen LogP contribution >= 0.6 is 11.8 Å². The third-order valence-corrected chi connectivity index (χ3v) is 4.97. The number of carboxylic acids is 1. The molecule has 0 fully saturated rings. The predicted molar refractivity (Wildman–Crippen MR) is 92.2 cm³/mol. The van der Waals surface area contributed by atoms with Gasteiger partial charge in [-0.05, 0) is 24.3 Å². The number of carbonyl (C=O) groups excluding carboxylic acids is 2. The van der Waals surface area contributed by atoms with Crippen LogP contribution in [0.15, 0.2) is 53.4 Å². The Morgan fingerprint density at radius 2 is 1.62 bits per heavy atom. The first-order valence-corrected chi connectivity index (χ1v) is 8.45. The van der Waals surface area contributed by atoms with E-state index in [1.165, 1.54) is 36.4 Å². The highest BCUT2D eigenvalue weighted by molar-refractivity contribution is 7.99. The van der Waals surface area contributed by atoms with Crippen molar-refractivity contribution >= 4 is 35.2 Å². The molecule has 0 aromatic heterocycles. The number of benzene rings is 2. The summed E-state index contributed by atoms with van der Waals surface area (Å²) in [5, 5.41) is 20.2. The molecule has 3 rings (SSSR count). The Morgan fingerprint density at radius 1 is 1.08 bits per heavy atom. The minimum Gasteiger partial charge on any atom is -0.480 e. The lowest BCUT2D eigenvalue weighted by atomic mass is 10.1. The summed E-state index contributed by atoms with van der Waals surface area (Å²) >= 11 is 1.10. The number of aliphatic carboxylic acids is 1. The van der Waals surface area contributed by atoms with Gasteiger partial charge in [-0.25, -0.2) is 4.79 Å². The second-order valence-corrected chi connectivity index (χ2v) is 6.54. The normalized spacial score (nSPS) is 14.2. The van der Waals surface area contributed by atoms with Gasteiger partial charge in [-0.3, -0.25) is 24.6 Å². The Balaban J connectivity index is 1.78. The average molecular weight is 372 g/mol. The summed E-state index contributed by atoms with van der Waals surface area (Å²) in [4.78, 5) is 48.0. The number of carbonyl (C=O) groups is 3. The summed E-state index contributed by atoms with van der Waals surface area (Å²) < 4.78 is 0. The number of hydrogen-bond donors (Lipinski definition) is 1. The molecule has 2 aromatic carbocycles. The molecule has 2 aromatic rings. The molecule has 26 heavy (non-hydrogen) atoms. The molecule has 0 unspecified atom stereocenters. The van der Waals surface area contributed by atoms with Crippen LogP contribution in [0.2, 0.25) is 0 Å². The Morgan fingerprint density at radius 3 is 2.08 bits per heavy atom. The first kappa shape index (κ1) is 17.6. The van der Waals surface area contributed by atoms with Gasteiger partial charge in [0.1, 0.15) is 6.04 Å². The predicted octanol–water partition coefficient (Wildman–Crippen LogP) is 2.44. The lowest BCUT2D eigenvalue weighted by molar-refractivity contribution is -0.384. The van der Waals surface area contributed by atoms with Crippen LogP contribution in [-0.4, -0.2) is 44.5 Å². The number of nitro groups is 1. The highest BCUT2D eigenvalue weighted by Gasteiger charge is 2.42. The molecular formula is C17H12N2O6S. The van der Waals surface area contributed by atoms with Crippen LogP contribution in [0.4, 0.5) is 5.69 Å². The summed E-state index contributed by atoms with van der Waals surface area (Å²) in [7, 11) is 0. The molecule has 0 spiro atoms. The van der Waals surface area contributed by atoms with Crippen molar-refractivity contribution in [1.82, 2.24) is 4.90 Å². The van der Waals surface area contributed by atoms with E-state index < -0.39 is 28.7 Å². The summed E-state index contributed by atoms with van der Waals surface area (Å²) in [5.74, 6) is -2.64. The maximum atomic E-state index is 12.4. The van der Waals surface area contributed by atoms with Crippen molar-refractivity contribution in [2.24, 2.45) is 0 Å². The van der Waals surface area contributed by atoms with E-state index in [0.29, 0.717) is 4.90 Å². The van der Waals surface area contributed by atoms with E-state index in [1.54, 1.807) is 12.1 Å². The molecule has 132 valence electrons. The van der Waals surface area contributed by atoms with Gasteiger partial charge in [0.15, 0.2) is 0 Å². The van der Waals surface area contributed by atoms with Crippen molar-refractivity contribution in [1.29, 1.82) is 0 Å². The molecule has 1 heterocycles. The smallest absolute Gasteiger partial charge is 0.327 e. The standard InChI is InChI=1S/C17H12N2O6S/c20-15-12-3-1-2-4-13(12)16(21)18(15)14(17(22)23)9-26-11-7-5-10(6-8-11)19(24)25/h1-8,14H,9H2,(H,22,23)/t14-/m1/s1. The minimum atomic E-state index is -1.34. The van der Waals surface area contributed by atoms with Crippen LogP contribution in [0.25, 0.3) is 0 Å². The van der Waals surface area contributed by atoms with Crippen LogP contribution in [0.3, 0.4) is 0 Å². The quantitative estimate of drug-likeness (QED) is 0.358. The zero-order valence-corrected chi connectivity index (χ0v) is 14.0. The van der Waals surface area contributed by atoms with Gasteiger partial charge >= 0.3 is 5.97 Å². The van der Waals surface area contributed by atoms with Crippen LogP contribution in [0, 0.1) is 10.1 Å². The van der Waals surface area contributed by atoms with E-state index in [-0.39, 0.29) is 22.6 Å². The average Bonchev–Trinajstić information content (AvgIpc) is 2.87. The van der Waals surface area contributed by atoms with Gasteiger partial charge in [0.2, 0.25) is 0 Å². The zero-order chi connectivity index (χ0) is 18.8. The van der Waals surface area contributed by atoms with E-state index in [0.717, 1.165) is 16.7 Å². The Labute approximate surface area is 151 Å². The fourth-order valence-corrected chi connectivity index (χ4v) is 3.56. The fourth-order valence-electron chi connectivity index (χ4n) is 2.59. The van der Waals surface area contributed by atoms with Gasteiger partial charge in [0.05, 0.1) is 16.1 Å². The van der Waals surface area contributed by atoms with Gasteiger partial charge in [0, 0.05) is 22.8 Å². The molecule has 9 heteroatoms. The summed E-state index contributed by atoms with van der Waals surface area (Å²) in [5.41, 5.74) is 0.289. The Kier molecular flexibility index (Phi) is 4.72. The molecule has 0 bridgehead atoms. The van der Waals surface area contributed by atoms with Gasteiger partial charge in [-0.15, -0.1) is 11.8 Å². The van der Waals surface area contributed by atoms with E-state index in [2.05, 4.69) is 0 Å². The highest BCUT2D eigenvalue weighted by Crippen LogP contribution is 2.28. The third-order valence-electron chi connectivity index (χ3n) is 3.88. The van der Waals surface area contributed by atoms with Gasteiger partial charge in [0.25, 0.3) is 17.5 Å². The number of fused-ring (bicyclic) bond motifs is 1. The molecule has 1 aliphatic heterocycles. The number of carboxylic acid groups (broad SMARTS) is 1. The SMILES string of the molecule is O=C(O)[C@@H](CSc1ccc([N+](=O)[O-])cc1)N1C(=O)c2ccccc2C1=O. The molecule has 1 N–H and O–H groups in total. The van der Waals surface area contributed by atoms with Crippen molar-refractivity contribution in [3.8, 4) is 0 Å². The Bertz CT molecular complexity index is 877. The van der Waals surface area contributed by atoms with Crippen LogP contribution < -0.4 is 0 Å². The summed E-state index contributed by atoms with van der Waals surface area (Å²) in [6.45, 7) is 0. The van der Waals surface area contributed by atoms with E-state index in [9.17, 15) is 29.6 Å². The number of rotatable bonds is 6. The highest BCUT2D eigenvalue weighted by atomic mass is 32.2. The van der Waals surface area contributed by atoms with Crippen LogP contribution in [0.5, 0.6) is 0 Å². The fraction of sp³-hybridized carbons (Fsp3) is 0.118. The summed E-state index contributed by atoms with van der Waals surface area (Å²) in [6, 6.07) is 10.4. The molecule has 1 aliphatic rings. The van der Waals surface area contributed by atoms with Crippen LogP contribution in [-0.2, 0) is 4.79 Å². The molecular weight excluding hydrogens is 360 g/mol. The van der Waals surface area contributed by atoms with Crippen molar-refractivity contribution in [3.63, 3.8) is 0 Å². The molecule has 0 radical (unpaired) electrons. The molecule has 0 aliphatic carbocycles. The van der Waals surface area contributed by atoms with Gasteiger partial charge in [-0.2, -0.15) is 0 Å². The largest absolute Gasteiger partial charge is 0.480 e. The van der Waals surface area contributed by atoms with E-state index in [4.69, 9.17) is 0 Å². The number of nitrogens with zero attached hydrogens (tertiary/aromatic N) is 2. The van der Waals surface area contributed by atoms with Crippen molar-refractivity contribution in [3.05, 3.63) is 69.8 Å². The molecule has 0 saturated carbocycles. The van der Waals surface area contributed by atoms with Crippen LogP contribution in [0.1, 0.15) is 20.7 Å². The number of amides is 2. The van der Waals surface area contributed by atoms with E-state index in [1.807, 2.05) is 0 Å². The molecule has 0 saturated heterocycles. The topological polar surface area (TPSA) is 118 Å². The first-order chi connectivity index (χ1) is 12.4. The number of nitro benzene ring substituents is 1. The Hall–Kier alpha value is -3.20. The van der Waals surface area contributed by atoms with Gasteiger partial charge < -0.3 is 5.11 Å². The molecule has 2 amide bonds. The monoisotopic (exact) mass is 372 g/mol. The molecule has 8 nitrogen and oxygen atoms in total. The lowest BCUT2D eigenvalue weighted by Gasteiger charge is -2.22. The maximum Gasteiger partial charge on any atom is 0.327 e. The zero-order valence-electron chi connectivity index (χ0n) is 13.2. The first-order valence-electron chi connectivity index (χ1n) is 7.47. The second kappa shape index (κ2) is 6.96. The lowest BCUT2D eigenvalue weighted by Crippen LogP contribution is -2.46. The number of imide groups is 1. The van der Waals surface area contributed by atoms with Crippen molar-refractivity contribution < 1.29 is 24.4 Å². The van der Waals surface area contributed by atoms with E-state index >= 15 is 0 Å². The number of non-ortho nitro benzene ring substituents is 1. The summed E-state index contributed by atoms with van der Waals surface area (Å²) in [6.07, 6.45) is 0. The minimum absolute atomic E-state index is 0.0708. The van der Waals surface area contributed by atoms with Crippen molar-refractivity contribution in [2.75, 3.05) is 5.75 Å². The number of thioether (sulfide) groups is 1. The van der Waals surface area contributed by atoms with Gasteiger partial charge in [-0.1, -0.05) is 12.1 Å².